The van der Waals surface area contributed by atoms with Gasteiger partial charge in [-0.1, -0.05) is 0 Å². The second-order valence-electron chi connectivity index (χ2n) is 0.594. The predicted molar refractivity (Wildman–Crippen MR) is 24.3 cm³/mol. The molecule has 7 heavy (non-hydrogen) atoms. The summed E-state index contributed by atoms with van der Waals surface area (Å²) in [4.78, 5) is 0. The van der Waals surface area contributed by atoms with Crippen LogP contribution in [0, 0.1) is 0 Å². The van der Waals surface area contributed by atoms with Crippen LogP contribution in [0.2, 0.25) is 0 Å². The van der Waals surface area contributed by atoms with Crippen molar-refractivity contribution in [3.63, 3.8) is 0 Å². The summed E-state index contributed by atoms with van der Waals surface area (Å²) in [6.07, 6.45) is 0. The van der Waals surface area contributed by atoms with Gasteiger partial charge in [-0.25, -0.2) is 0 Å². The molecule has 0 spiro atoms. The molecule has 0 aromatic heterocycles. The Morgan fingerprint density at radius 3 is 1.71 bits per heavy atom. The van der Waals surface area contributed by atoms with Crippen LogP contribution in [0.4, 0.5) is 0 Å². The minimum atomic E-state index is -4.16. The second-order valence-corrected chi connectivity index (χ2v) is 1.78. The summed E-state index contributed by atoms with van der Waals surface area (Å²) in [7, 11) is -3.29. The molecule has 0 saturated carbocycles. The van der Waals surface area contributed by atoms with E-state index < -0.39 is 10.4 Å². The minimum Gasteiger partial charge on any atom is -0.264 e. The topological polar surface area (TPSA) is 63.6 Å². The van der Waals surface area contributed by atoms with Gasteiger partial charge in [0.1, 0.15) is 0 Å². The van der Waals surface area contributed by atoms with Crippen molar-refractivity contribution in [1.82, 2.24) is 0 Å². The van der Waals surface area contributed by atoms with Crippen molar-refractivity contribution in [1.29, 1.82) is 0 Å². The normalized spacial score (nSPS) is 10.0. The molecule has 1 N–H and O–H groups in total. The molecule has 0 aromatic carbocycles. The number of hydrogen-bond acceptors (Lipinski definition) is 3. The Hall–Kier alpha value is 1.51. The van der Waals surface area contributed by atoms with Gasteiger partial charge in [0.05, 0.1) is 7.11 Å². The third kappa shape index (κ3) is 11.2. The summed E-state index contributed by atoms with van der Waals surface area (Å²) in [5.41, 5.74) is 0. The fraction of sp³-hybridized carbons (Fsp3) is 1.00. The first-order valence-corrected chi connectivity index (χ1v) is 2.46. The van der Waals surface area contributed by atoms with Gasteiger partial charge in [0.25, 0.3) is 0 Å². The van der Waals surface area contributed by atoms with Gasteiger partial charge in [-0.2, -0.15) is 8.42 Å². The molecule has 39 valence electrons. The fourth-order valence-electron chi connectivity index (χ4n) is 0. The maximum Gasteiger partial charge on any atom is 0.397 e. The zero-order valence-corrected chi connectivity index (χ0v) is 8.02. The summed E-state index contributed by atoms with van der Waals surface area (Å²) in [5, 5.41) is 0. The average molecular weight is 151 g/mol. The van der Waals surface area contributed by atoms with Gasteiger partial charge in [-0.15, -0.1) is 0 Å². The van der Waals surface area contributed by atoms with Gasteiger partial charge in [0.15, 0.2) is 0 Å². The Bertz CT molecular complexity index is 114. The van der Waals surface area contributed by atoms with Crippen LogP contribution in [0.25, 0.3) is 0 Å². The molecule has 0 saturated heterocycles. The maximum atomic E-state index is 9.33. The molecule has 0 unspecified atom stereocenters. The Kier molecular flexibility index (Phi) is 7.10. The Morgan fingerprint density at radius 1 is 1.57 bits per heavy atom. The quantitative estimate of drug-likeness (QED) is 0.388. The Morgan fingerprint density at radius 2 is 1.71 bits per heavy atom. The van der Waals surface area contributed by atoms with E-state index in [0.717, 1.165) is 7.11 Å². The van der Waals surface area contributed by atoms with Crippen LogP contribution in [0.3, 0.4) is 0 Å². The van der Waals surface area contributed by atoms with E-state index in [4.69, 9.17) is 4.55 Å². The van der Waals surface area contributed by atoms with Crippen LogP contribution in [0.1, 0.15) is 0 Å². The van der Waals surface area contributed by atoms with Crippen molar-refractivity contribution in [2.75, 3.05) is 7.11 Å². The predicted octanol–water partition coefficient (Wildman–Crippen LogP) is -0.945. The van der Waals surface area contributed by atoms with Gasteiger partial charge < -0.3 is 0 Å². The van der Waals surface area contributed by atoms with E-state index in [1.54, 1.807) is 0 Å². The molecule has 0 rings (SSSR count). The van der Waals surface area contributed by atoms with Gasteiger partial charge in [0, 0.05) is 51.4 Å². The van der Waals surface area contributed by atoms with Crippen LogP contribution < -0.4 is 0 Å². The first-order valence-electron chi connectivity index (χ1n) is 1.09. The third-order valence-corrected chi connectivity index (χ3v) is 0.632. The molecule has 0 heterocycles. The third-order valence-electron chi connectivity index (χ3n) is 0.211. The molecule has 0 aliphatic rings. The average Bonchev–Trinajstić information content (AvgIpc) is 1.35. The minimum absolute atomic E-state index is 0. The van der Waals surface area contributed by atoms with E-state index in [1.807, 2.05) is 0 Å². The van der Waals surface area contributed by atoms with Gasteiger partial charge >= 0.3 is 10.4 Å². The van der Waals surface area contributed by atoms with Crippen molar-refractivity contribution in [3.8, 4) is 0 Å². The number of rotatable bonds is 1. The van der Waals surface area contributed by atoms with Crippen molar-refractivity contribution in [2.24, 2.45) is 0 Å². The standard InChI is InChI=1S/CH4O4S.K/c1-5-6(2,3)4;/h1H3,(H,2,3,4);. The van der Waals surface area contributed by atoms with E-state index in [1.165, 1.54) is 0 Å². The first-order chi connectivity index (χ1) is 2.56. The Balaban J connectivity index is 0. The molecule has 0 atom stereocenters. The molecule has 0 bridgehead atoms. The van der Waals surface area contributed by atoms with E-state index >= 15 is 0 Å². The summed E-state index contributed by atoms with van der Waals surface area (Å²) < 4.78 is 29.7. The van der Waals surface area contributed by atoms with Crippen LogP contribution in [0.5, 0.6) is 0 Å². The van der Waals surface area contributed by atoms with E-state index in [-0.39, 0.29) is 51.4 Å². The monoisotopic (exact) mass is 151 g/mol. The fourth-order valence-corrected chi connectivity index (χ4v) is 0. The zero-order chi connectivity index (χ0) is 5.21. The van der Waals surface area contributed by atoms with Crippen molar-refractivity contribution in [2.45, 2.75) is 0 Å². The zero-order valence-electron chi connectivity index (χ0n) is 4.08. The van der Waals surface area contributed by atoms with E-state index in [9.17, 15) is 8.42 Å². The molecule has 0 aliphatic carbocycles. The van der Waals surface area contributed by atoms with E-state index in [2.05, 4.69) is 4.18 Å². The SMILES string of the molecule is COS(=O)(=O)O.[K]. The van der Waals surface area contributed by atoms with Gasteiger partial charge in [-0.05, 0) is 0 Å². The first kappa shape index (κ1) is 11.3. The summed E-state index contributed by atoms with van der Waals surface area (Å²) in [5.74, 6) is 0. The molecule has 4 nitrogen and oxygen atoms in total. The van der Waals surface area contributed by atoms with Crippen LogP contribution in [-0.2, 0) is 14.6 Å². The molecular weight excluding hydrogens is 147 g/mol. The summed E-state index contributed by atoms with van der Waals surface area (Å²) in [6.45, 7) is 0. The molecule has 1 radical (unpaired) electrons. The second kappa shape index (κ2) is 4.39. The van der Waals surface area contributed by atoms with Crippen molar-refractivity contribution < 1.29 is 17.2 Å². The summed E-state index contributed by atoms with van der Waals surface area (Å²) in [6, 6.07) is 0. The van der Waals surface area contributed by atoms with Gasteiger partial charge in [0.2, 0.25) is 0 Å². The van der Waals surface area contributed by atoms with Crippen molar-refractivity contribution >= 4 is 61.8 Å². The Labute approximate surface area is 84.6 Å². The van der Waals surface area contributed by atoms with Crippen LogP contribution in [-0.4, -0.2) is 71.5 Å². The molecule has 0 aromatic rings. The number of hydrogen-bond donors (Lipinski definition) is 1. The molecule has 0 fully saturated rings. The van der Waals surface area contributed by atoms with Gasteiger partial charge in [-0.3, -0.25) is 8.74 Å². The molecule has 6 heteroatoms. The molecule has 0 aliphatic heterocycles. The smallest absolute Gasteiger partial charge is 0.264 e. The van der Waals surface area contributed by atoms with E-state index in [0.29, 0.717) is 0 Å². The van der Waals surface area contributed by atoms with Crippen molar-refractivity contribution in [3.05, 3.63) is 0 Å². The molecule has 0 amide bonds. The van der Waals surface area contributed by atoms with Crippen LogP contribution in [0.15, 0.2) is 0 Å². The van der Waals surface area contributed by atoms with Crippen LogP contribution >= 0.6 is 0 Å². The summed E-state index contributed by atoms with van der Waals surface area (Å²) >= 11 is 0. The maximum absolute atomic E-state index is 9.33. The molecular formula is CH4KO4S. The largest absolute Gasteiger partial charge is 0.397 e.